The fourth-order valence-electron chi connectivity index (χ4n) is 2.52. The van der Waals surface area contributed by atoms with E-state index in [0.717, 1.165) is 36.0 Å². The van der Waals surface area contributed by atoms with Crippen molar-refractivity contribution in [2.24, 2.45) is 0 Å². The molecule has 4 heteroatoms. The second-order valence-corrected chi connectivity index (χ2v) is 5.36. The van der Waals surface area contributed by atoms with Crippen LogP contribution in [0.5, 0.6) is 5.75 Å². The van der Waals surface area contributed by atoms with Crippen molar-refractivity contribution in [3.8, 4) is 5.75 Å². The molecule has 1 atom stereocenters. The number of benzene rings is 1. The fourth-order valence-corrected chi connectivity index (χ4v) is 2.89. The summed E-state index contributed by atoms with van der Waals surface area (Å²) in [5, 5.41) is 4.15. The van der Waals surface area contributed by atoms with Crippen molar-refractivity contribution in [3.63, 3.8) is 0 Å². The molecule has 1 aliphatic heterocycles. The Hall–Kier alpha value is -0.770. The Morgan fingerprint density at radius 1 is 1.39 bits per heavy atom. The number of rotatable bonds is 3. The molecule has 1 aromatic rings. The van der Waals surface area contributed by atoms with Crippen LogP contribution < -0.4 is 10.1 Å². The zero-order valence-corrected chi connectivity index (χ0v) is 11.3. The molecule has 3 rings (SSSR count). The molecule has 1 aliphatic carbocycles. The van der Waals surface area contributed by atoms with Gasteiger partial charge in [0.15, 0.2) is 0 Å². The predicted octanol–water partition coefficient (Wildman–Crippen LogP) is 2.89. The highest BCUT2D eigenvalue weighted by Crippen LogP contribution is 2.48. The molecule has 1 saturated heterocycles. The Labute approximate surface area is 112 Å². The quantitative estimate of drug-likeness (QED) is 0.914. The molecule has 1 heterocycles. The number of hydrogen-bond donors (Lipinski definition) is 1. The molecule has 1 aromatic carbocycles. The summed E-state index contributed by atoms with van der Waals surface area (Å²) in [6.07, 6.45) is 2.52. The van der Waals surface area contributed by atoms with Gasteiger partial charge in [-0.25, -0.2) is 0 Å². The molecule has 0 aromatic heterocycles. The van der Waals surface area contributed by atoms with Crippen molar-refractivity contribution in [2.45, 2.75) is 24.9 Å². The van der Waals surface area contributed by atoms with Gasteiger partial charge in [-0.2, -0.15) is 0 Å². The van der Waals surface area contributed by atoms with Crippen LogP contribution in [0, 0.1) is 0 Å². The van der Waals surface area contributed by atoms with Gasteiger partial charge in [0, 0.05) is 23.7 Å². The van der Waals surface area contributed by atoms with Crippen LogP contribution in [0.1, 0.15) is 36.0 Å². The van der Waals surface area contributed by atoms with Gasteiger partial charge in [0.25, 0.3) is 0 Å². The van der Waals surface area contributed by atoms with Crippen LogP contribution in [-0.4, -0.2) is 26.8 Å². The molecule has 0 bridgehead atoms. The summed E-state index contributed by atoms with van der Waals surface area (Å²) in [6.45, 7) is 2.50. The highest BCUT2D eigenvalue weighted by Gasteiger charge is 2.30. The van der Waals surface area contributed by atoms with Crippen LogP contribution >= 0.6 is 11.6 Å². The van der Waals surface area contributed by atoms with Crippen molar-refractivity contribution in [1.29, 1.82) is 0 Å². The highest BCUT2D eigenvalue weighted by molar-refractivity contribution is 6.31. The second kappa shape index (κ2) is 5.08. The average Bonchev–Trinajstić information content (AvgIpc) is 3.23. The van der Waals surface area contributed by atoms with Crippen LogP contribution in [-0.2, 0) is 4.74 Å². The van der Waals surface area contributed by atoms with Crippen molar-refractivity contribution < 1.29 is 9.47 Å². The van der Waals surface area contributed by atoms with Crippen molar-refractivity contribution in [2.75, 3.05) is 26.8 Å². The van der Waals surface area contributed by atoms with Gasteiger partial charge < -0.3 is 14.8 Å². The van der Waals surface area contributed by atoms with Gasteiger partial charge in [0.1, 0.15) is 5.75 Å². The summed E-state index contributed by atoms with van der Waals surface area (Å²) < 4.78 is 11.3. The molecule has 0 spiro atoms. The van der Waals surface area contributed by atoms with E-state index < -0.39 is 0 Å². The summed E-state index contributed by atoms with van der Waals surface area (Å²) >= 11 is 6.41. The highest BCUT2D eigenvalue weighted by atomic mass is 35.5. The summed E-state index contributed by atoms with van der Waals surface area (Å²) in [7, 11) is 1.71. The van der Waals surface area contributed by atoms with E-state index in [1.807, 2.05) is 6.07 Å². The van der Waals surface area contributed by atoms with Crippen molar-refractivity contribution >= 4 is 11.6 Å². The second-order valence-electron chi connectivity index (χ2n) is 4.96. The lowest BCUT2D eigenvalue weighted by atomic mass is 10.0. The summed E-state index contributed by atoms with van der Waals surface area (Å²) in [4.78, 5) is 0. The van der Waals surface area contributed by atoms with Crippen LogP contribution in [0.2, 0.25) is 5.02 Å². The smallest absolute Gasteiger partial charge is 0.124 e. The third kappa shape index (κ3) is 2.35. The number of halogens is 1. The minimum Gasteiger partial charge on any atom is -0.496 e. The molecule has 1 saturated carbocycles. The predicted molar refractivity (Wildman–Crippen MR) is 71.5 cm³/mol. The van der Waals surface area contributed by atoms with Crippen molar-refractivity contribution in [1.82, 2.24) is 5.32 Å². The molecule has 0 radical (unpaired) electrons. The third-order valence-electron chi connectivity index (χ3n) is 3.62. The van der Waals surface area contributed by atoms with Gasteiger partial charge in [-0.1, -0.05) is 11.6 Å². The Kier molecular flexibility index (Phi) is 3.46. The minimum absolute atomic E-state index is 0.0819. The molecule has 1 N–H and O–H groups in total. The van der Waals surface area contributed by atoms with Crippen LogP contribution in [0.15, 0.2) is 12.1 Å². The number of nitrogens with one attached hydrogen (secondary N) is 1. The summed E-state index contributed by atoms with van der Waals surface area (Å²) in [5.41, 5.74) is 2.28. The standard InChI is InChI=1S/C14H18ClNO2/c1-17-12-7-10(13-8-16-4-5-18-13)6-11(15)14(12)9-2-3-9/h6-7,9,13,16H,2-5,8H2,1H3. The van der Waals surface area contributed by atoms with E-state index in [9.17, 15) is 0 Å². The largest absolute Gasteiger partial charge is 0.496 e. The Morgan fingerprint density at radius 2 is 2.22 bits per heavy atom. The maximum absolute atomic E-state index is 6.41. The topological polar surface area (TPSA) is 30.5 Å². The van der Waals surface area contributed by atoms with E-state index in [1.54, 1.807) is 7.11 Å². The van der Waals surface area contributed by atoms with E-state index in [-0.39, 0.29) is 6.10 Å². The summed E-state index contributed by atoms with van der Waals surface area (Å²) in [6, 6.07) is 4.12. The van der Waals surface area contributed by atoms with E-state index in [2.05, 4.69) is 11.4 Å². The van der Waals surface area contributed by atoms with E-state index >= 15 is 0 Å². The fraction of sp³-hybridized carbons (Fsp3) is 0.571. The lowest BCUT2D eigenvalue weighted by Gasteiger charge is -2.25. The van der Waals surface area contributed by atoms with E-state index in [1.165, 1.54) is 18.4 Å². The molecule has 18 heavy (non-hydrogen) atoms. The zero-order valence-electron chi connectivity index (χ0n) is 10.5. The van der Waals surface area contributed by atoms with Gasteiger partial charge in [-0.15, -0.1) is 0 Å². The number of ether oxygens (including phenoxy) is 2. The first-order valence-electron chi connectivity index (χ1n) is 6.49. The molecule has 2 fully saturated rings. The average molecular weight is 268 g/mol. The van der Waals surface area contributed by atoms with E-state index in [4.69, 9.17) is 21.1 Å². The van der Waals surface area contributed by atoms with Crippen LogP contribution in [0.25, 0.3) is 0 Å². The lowest BCUT2D eigenvalue weighted by molar-refractivity contribution is 0.0276. The van der Waals surface area contributed by atoms with Crippen LogP contribution in [0.3, 0.4) is 0 Å². The summed E-state index contributed by atoms with van der Waals surface area (Å²) in [5.74, 6) is 1.50. The molecule has 0 amide bonds. The monoisotopic (exact) mass is 267 g/mol. The normalized spacial score (nSPS) is 24.0. The van der Waals surface area contributed by atoms with E-state index in [0.29, 0.717) is 5.92 Å². The maximum Gasteiger partial charge on any atom is 0.124 e. The number of morpholine rings is 1. The SMILES string of the molecule is COc1cc(C2CNCCO2)cc(Cl)c1C1CC1. The molecular weight excluding hydrogens is 250 g/mol. The Balaban J connectivity index is 1.93. The molecule has 98 valence electrons. The molecule has 3 nitrogen and oxygen atoms in total. The molecular formula is C14H18ClNO2. The first-order chi connectivity index (χ1) is 8.79. The van der Waals surface area contributed by atoms with Gasteiger partial charge >= 0.3 is 0 Å². The number of methoxy groups -OCH3 is 1. The van der Waals surface area contributed by atoms with Gasteiger partial charge in [-0.05, 0) is 36.5 Å². The van der Waals surface area contributed by atoms with Gasteiger partial charge in [-0.3, -0.25) is 0 Å². The van der Waals surface area contributed by atoms with Crippen molar-refractivity contribution in [3.05, 3.63) is 28.3 Å². The number of hydrogen-bond acceptors (Lipinski definition) is 3. The third-order valence-corrected chi connectivity index (χ3v) is 3.93. The molecule has 1 unspecified atom stereocenters. The minimum atomic E-state index is 0.0819. The Morgan fingerprint density at radius 3 is 2.83 bits per heavy atom. The maximum atomic E-state index is 6.41. The Bertz CT molecular complexity index is 440. The molecule has 2 aliphatic rings. The zero-order chi connectivity index (χ0) is 12.5. The van der Waals surface area contributed by atoms with Crippen LogP contribution in [0.4, 0.5) is 0 Å². The lowest BCUT2D eigenvalue weighted by Crippen LogP contribution is -2.33. The van der Waals surface area contributed by atoms with Gasteiger partial charge in [0.2, 0.25) is 0 Å². The van der Waals surface area contributed by atoms with Gasteiger partial charge in [0.05, 0.1) is 19.8 Å². The first kappa shape index (κ1) is 12.3. The first-order valence-corrected chi connectivity index (χ1v) is 6.87.